The summed E-state index contributed by atoms with van der Waals surface area (Å²) in [4.78, 5) is 0.367. The second kappa shape index (κ2) is 3.51. The first kappa shape index (κ1) is 8.15. The fraction of sp³-hybridized carbons (Fsp3) is 0.667. The van der Waals surface area contributed by atoms with Crippen LogP contribution < -0.4 is 0 Å². The van der Waals surface area contributed by atoms with E-state index in [9.17, 15) is 0 Å². The van der Waals surface area contributed by atoms with Crippen LogP contribution in [0.15, 0.2) is 9.22 Å². The number of halogens is 1. The predicted octanol–water partition coefficient (Wildman–Crippen LogP) is 0.920. The van der Waals surface area contributed by atoms with Crippen molar-refractivity contribution in [2.24, 2.45) is 0 Å². The van der Waals surface area contributed by atoms with E-state index in [1.165, 1.54) is 0 Å². The third-order valence-electron chi connectivity index (χ3n) is 1.51. The zero-order valence-corrected chi connectivity index (χ0v) is 7.78. The van der Waals surface area contributed by atoms with Crippen molar-refractivity contribution in [3.63, 3.8) is 0 Å². The maximum atomic E-state index is 5.34. The predicted molar refractivity (Wildman–Crippen MR) is 41.5 cm³/mol. The molecule has 0 amide bonds. The monoisotopic (exact) mass is 234 g/mol. The van der Waals surface area contributed by atoms with Gasteiger partial charge in [0.25, 0.3) is 4.80 Å². The van der Waals surface area contributed by atoms with Gasteiger partial charge in [0.05, 0.1) is 19.8 Å². The Morgan fingerprint density at radius 3 is 2.83 bits per heavy atom. The van der Waals surface area contributed by atoms with Gasteiger partial charge in [-0.25, -0.2) is 0 Å². The molecule has 1 aromatic heterocycles. The molecule has 2 heterocycles. The van der Waals surface area contributed by atoms with Crippen LogP contribution in [0.4, 0.5) is 0 Å². The molecule has 1 atom stereocenters. The van der Waals surface area contributed by atoms with Crippen LogP contribution in [0.5, 0.6) is 0 Å². The summed E-state index contributed by atoms with van der Waals surface area (Å²) in [6.07, 6.45) is -0.211. The minimum absolute atomic E-state index is 0.211. The van der Waals surface area contributed by atoms with Crippen molar-refractivity contribution in [3.8, 4) is 0 Å². The number of aromatic nitrogens is 2. The number of hydrogen-bond acceptors (Lipinski definition) is 5. The summed E-state index contributed by atoms with van der Waals surface area (Å²) in [7, 11) is 0. The molecule has 12 heavy (non-hydrogen) atoms. The molecule has 1 unspecified atom stereocenters. The van der Waals surface area contributed by atoms with Crippen molar-refractivity contribution in [1.29, 1.82) is 0 Å². The van der Waals surface area contributed by atoms with E-state index in [2.05, 4.69) is 26.1 Å². The smallest absolute Gasteiger partial charge is 0.284 e. The number of rotatable bonds is 1. The Morgan fingerprint density at radius 1 is 1.33 bits per heavy atom. The molecule has 1 aliphatic heterocycles. The van der Waals surface area contributed by atoms with E-state index in [-0.39, 0.29) is 6.10 Å². The van der Waals surface area contributed by atoms with Gasteiger partial charge in [0, 0.05) is 15.9 Å². The topological polar surface area (TPSA) is 57.4 Å². The standard InChI is InChI=1S/C6H7BrN2O3/c7-6-9-8-5(12-6)4-3-10-1-2-11-4/h4H,1-3H2. The molecular formula is C6H7BrN2O3. The molecule has 0 aromatic carbocycles. The molecule has 0 bridgehead atoms. The molecule has 0 N–H and O–H groups in total. The Hall–Kier alpha value is -0.460. The highest BCUT2D eigenvalue weighted by Gasteiger charge is 2.21. The van der Waals surface area contributed by atoms with Crippen LogP contribution in [-0.4, -0.2) is 30.0 Å². The molecule has 5 nitrogen and oxygen atoms in total. The average molecular weight is 235 g/mol. The molecule has 0 radical (unpaired) electrons. The summed E-state index contributed by atoms with van der Waals surface area (Å²) in [5.74, 6) is 0.460. The third-order valence-corrected chi connectivity index (χ3v) is 1.83. The Labute approximate surface area is 77.2 Å². The van der Waals surface area contributed by atoms with Crippen LogP contribution in [0.1, 0.15) is 12.0 Å². The quantitative estimate of drug-likeness (QED) is 0.724. The Bertz CT molecular complexity index is 259. The first-order valence-corrected chi connectivity index (χ1v) is 4.34. The third kappa shape index (κ3) is 1.65. The van der Waals surface area contributed by atoms with Gasteiger partial charge in [-0.1, -0.05) is 0 Å². The normalized spacial score (nSPS) is 24.2. The average Bonchev–Trinajstić information content (AvgIpc) is 2.54. The van der Waals surface area contributed by atoms with Crippen molar-refractivity contribution in [3.05, 3.63) is 10.7 Å². The van der Waals surface area contributed by atoms with E-state index in [1.54, 1.807) is 0 Å². The van der Waals surface area contributed by atoms with Gasteiger partial charge in [0.2, 0.25) is 5.89 Å². The van der Waals surface area contributed by atoms with E-state index in [0.717, 1.165) is 0 Å². The Balaban J connectivity index is 2.08. The summed E-state index contributed by atoms with van der Waals surface area (Å²) in [6.45, 7) is 1.69. The molecule has 6 heteroatoms. The van der Waals surface area contributed by atoms with Crippen molar-refractivity contribution in [1.82, 2.24) is 10.2 Å². The van der Waals surface area contributed by atoms with E-state index >= 15 is 0 Å². The summed E-state index contributed by atoms with van der Waals surface area (Å²) in [5, 5.41) is 7.43. The minimum Gasteiger partial charge on any atom is -0.413 e. The molecule has 1 aliphatic rings. The second-order valence-corrected chi connectivity index (χ2v) is 3.01. The molecular weight excluding hydrogens is 228 g/mol. The molecule has 1 saturated heterocycles. The van der Waals surface area contributed by atoms with E-state index < -0.39 is 0 Å². The van der Waals surface area contributed by atoms with Gasteiger partial charge >= 0.3 is 0 Å². The van der Waals surface area contributed by atoms with Gasteiger partial charge in [-0.15, -0.1) is 10.2 Å². The molecule has 0 saturated carbocycles. The fourth-order valence-corrected chi connectivity index (χ4v) is 1.22. The molecule has 0 aliphatic carbocycles. The van der Waals surface area contributed by atoms with Gasteiger partial charge < -0.3 is 13.9 Å². The second-order valence-electron chi connectivity index (χ2n) is 2.33. The van der Waals surface area contributed by atoms with Gasteiger partial charge in [-0.05, 0) is 0 Å². The Kier molecular flexibility index (Phi) is 2.38. The first-order chi connectivity index (χ1) is 5.86. The zero-order valence-electron chi connectivity index (χ0n) is 6.20. The SMILES string of the molecule is Brc1nnc(C2COCCO2)o1. The van der Waals surface area contributed by atoms with Crippen LogP contribution in [0, 0.1) is 0 Å². The van der Waals surface area contributed by atoms with Crippen LogP contribution in [0.3, 0.4) is 0 Å². The Morgan fingerprint density at radius 2 is 2.25 bits per heavy atom. The lowest BCUT2D eigenvalue weighted by atomic mass is 10.3. The maximum Gasteiger partial charge on any atom is 0.284 e. The van der Waals surface area contributed by atoms with Crippen molar-refractivity contribution < 1.29 is 13.9 Å². The molecule has 1 aromatic rings. The summed E-state index contributed by atoms with van der Waals surface area (Å²) in [5.41, 5.74) is 0. The van der Waals surface area contributed by atoms with Gasteiger partial charge in [0.1, 0.15) is 0 Å². The van der Waals surface area contributed by atoms with Gasteiger partial charge in [0.15, 0.2) is 6.10 Å². The number of ether oxygens (including phenoxy) is 2. The highest BCUT2D eigenvalue weighted by Crippen LogP contribution is 2.20. The minimum atomic E-state index is -0.211. The fourth-order valence-electron chi connectivity index (χ4n) is 0.976. The maximum absolute atomic E-state index is 5.34. The summed E-state index contributed by atoms with van der Waals surface area (Å²) >= 11 is 3.06. The van der Waals surface area contributed by atoms with Gasteiger partial charge in [-0.2, -0.15) is 0 Å². The van der Waals surface area contributed by atoms with Crippen molar-refractivity contribution in [2.45, 2.75) is 6.10 Å². The van der Waals surface area contributed by atoms with Crippen LogP contribution in [-0.2, 0) is 9.47 Å². The zero-order chi connectivity index (χ0) is 8.39. The molecule has 2 rings (SSSR count). The summed E-state index contributed by atoms with van der Waals surface area (Å²) in [6, 6.07) is 0. The lowest BCUT2D eigenvalue weighted by Gasteiger charge is -2.19. The first-order valence-electron chi connectivity index (χ1n) is 3.54. The summed E-state index contributed by atoms with van der Waals surface area (Å²) < 4.78 is 15.6. The molecule has 66 valence electrons. The van der Waals surface area contributed by atoms with E-state index in [0.29, 0.717) is 30.5 Å². The van der Waals surface area contributed by atoms with Crippen LogP contribution in [0.2, 0.25) is 0 Å². The lowest BCUT2D eigenvalue weighted by molar-refractivity contribution is -0.0998. The number of hydrogen-bond donors (Lipinski definition) is 0. The van der Waals surface area contributed by atoms with Crippen LogP contribution in [0.25, 0.3) is 0 Å². The molecule has 1 fully saturated rings. The van der Waals surface area contributed by atoms with Crippen LogP contribution >= 0.6 is 15.9 Å². The number of nitrogens with zero attached hydrogens (tertiary/aromatic N) is 2. The lowest BCUT2D eigenvalue weighted by Crippen LogP contribution is -2.22. The highest BCUT2D eigenvalue weighted by atomic mass is 79.9. The largest absolute Gasteiger partial charge is 0.413 e. The van der Waals surface area contributed by atoms with Crippen molar-refractivity contribution >= 4 is 15.9 Å². The highest BCUT2D eigenvalue weighted by molar-refractivity contribution is 9.10. The van der Waals surface area contributed by atoms with Crippen molar-refractivity contribution in [2.75, 3.05) is 19.8 Å². The molecule has 0 spiro atoms. The van der Waals surface area contributed by atoms with E-state index in [1.807, 2.05) is 0 Å². The van der Waals surface area contributed by atoms with E-state index in [4.69, 9.17) is 13.9 Å². The van der Waals surface area contributed by atoms with Gasteiger partial charge in [-0.3, -0.25) is 0 Å².